The van der Waals surface area contributed by atoms with Crippen molar-refractivity contribution in [2.24, 2.45) is 0 Å². The van der Waals surface area contributed by atoms with Gasteiger partial charge in [-0.2, -0.15) is 13.2 Å². The summed E-state index contributed by atoms with van der Waals surface area (Å²) in [6, 6.07) is 12.0. The number of para-hydroxylation sites is 1. The van der Waals surface area contributed by atoms with Gasteiger partial charge < -0.3 is 10.6 Å². The van der Waals surface area contributed by atoms with E-state index >= 15 is 0 Å². The minimum absolute atomic E-state index is 0.0553. The number of anilines is 1. The topological polar surface area (TPSA) is 41.1 Å². The summed E-state index contributed by atoms with van der Waals surface area (Å²) in [5.41, 5.74) is -0.0888. The van der Waals surface area contributed by atoms with Gasteiger partial charge in [0.1, 0.15) is 0 Å². The van der Waals surface area contributed by atoms with Crippen LogP contribution in [0.3, 0.4) is 0 Å². The van der Waals surface area contributed by atoms with Crippen LogP contribution in [0.4, 0.5) is 18.9 Å². The molecule has 3 nitrogen and oxygen atoms in total. The fraction of sp³-hybridized carbons (Fsp3) is 0.278. The smallest absolute Gasteiger partial charge is 0.325 e. The maximum absolute atomic E-state index is 12.9. The van der Waals surface area contributed by atoms with Gasteiger partial charge in [0, 0.05) is 24.0 Å². The van der Waals surface area contributed by atoms with E-state index in [1.165, 1.54) is 18.2 Å². The first-order valence-electron chi connectivity index (χ1n) is 7.69. The van der Waals surface area contributed by atoms with Gasteiger partial charge in [0.15, 0.2) is 0 Å². The number of rotatable bonds is 6. The van der Waals surface area contributed by atoms with Crippen LogP contribution in [-0.2, 0) is 17.5 Å². The maximum atomic E-state index is 12.9. The first-order valence-corrected chi connectivity index (χ1v) is 8.07. The summed E-state index contributed by atoms with van der Waals surface area (Å²) < 4.78 is 38.8. The summed E-state index contributed by atoms with van der Waals surface area (Å²) in [4.78, 5) is 12.0. The van der Waals surface area contributed by atoms with Crippen molar-refractivity contribution in [3.8, 4) is 0 Å². The highest BCUT2D eigenvalue weighted by Gasteiger charge is 2.33. The standard InChI is InChI=1S/C18H18ClF3N2O/c1-12(23-11-13-6-8-14(19)9-7-13)10-17(25)24-16-5-3-2-4-15(16)18(20,21)22/h2-9,12,23H,10-11H2,1H3,(H,24,25). The molecular weight excluding hydrogens is 353 g/mol. The van der Waals surface area contributed by atoms with E-state index in [0.717, 1.165) is 11.6 Å². The first-order chi connectivity index (χ1) is 11.8. The number of carbonyl (C=O) groups is 1. The quantitative estimate of drug-likeness (QED) is 0.762. The zero-order valence-electron chi connectivity index (χ0n) is 13.5. The van der Waals surface area contributed by atoms with Crippen LogP contribution in [0.15, 0.2) is 48.5 Å². The molecule has 25 heavy (non-hydrogen) atoms. The zero-order valence-corrected chi connectivity index (χ0v) is 14.3. The summed E-state index contributed by atoms with van der Waals surface area (Å²) >= 11 is 5.81. The monoisotopic (exact) mass is 370 g/mol. The number of alkyl halides is 3. The van der Waals surface area contributed by atoms with E-state index < -0.39 is 17.6 Å². The van der Waals surface area contributed by atoms with Crippen molar-refractivity contribution in [3.63, 3.8) is 0 Å². The Morgan fingerprint density at radius 3 is 2.40 bits per heavy atom. The molecule has 2 aromatic rings. The van der Waals surface area contributed by atoms with Gasteiger partial charge in [0.25, 0.3) is 0 Å². The molecule has 0 saturated heterocycles. The van der Waals surface area contributed by atoms with Gasteiger partial charge in [-0.05, 0) is 36.8 Å². The van der Waals surface area contributed by atoms with Crippen molar-refractivity contribution in [1.82, 2.24) is 5.32 Å². The Labute approximate surface area is 149 Å². The van der Waals surface area contributed by atoms with Crippen molar-refractivity contribution in [3.05, 3.63) is 64.7 Å². The number of carbonyl (C=O) groups excluding carboxylic acids is 1. The lowest BCUT2D eigenvalue weighted by atomic mass is 10.1. The predicted octanol–water partition coefficient (Wildman–Crippen LogP) is 4.87. The minimum Gasteiger partial charge on any atom is -0.325 e. The molecule has 0 aliphatic heterocycles. The molecule has 0 saturated carbocycles. The molecule has 0 radical (unpaired) electrons. The normalized spacial score (nSPS) is 12.7. The van der Waals surface area contributed by atoms with Gasteiger partial charge in [-0.1, -0.05) is 35.9 Å². The summed E-state index contributed by atoms with van der Waals surface area (Å²) in [7, 11) is 0. The van der Waals surface area contributed by atoms with Crippen molar-refractivity contribution in [2.45, 2.75) is 32.1 Å². The average molecular weight is 371 g/mol. The second kappa shape index (κ2) is 8.36. The molecule has 0 aromatic heterocycles. The van der Waals surface area contributed by atoms with Crippen molar-refractivity contribution >= 4 is 23.2 Å². The molecule has 2 rings (SSSR count). The van der Waals surface area contributed by atoms with Crippen LogP contribution in [0.1, 0.15) is 24.5 Å². The Hall–Kier alpha value is -2.05. The van der Waals surface area contributed by atoms with Gasteiger partial charge >= 0.3 is 6.18 Å². The van der Waals surface area contributed by atoms with Crippen LogP contribution in [0, 0.1) is 0 Å². The van der Waals surface area contributed by atoms with E-state index in [1.54, 1.807) is 19.1 Å². The molecule has 2 aromatic carbocycles. The van der Waals surface area contributed by atoms with Crippen LogP contribution in [0.25, 0.3) is 0 Å². The van der Waals surface area contributed by atoms with E-state index in [0.29, 0.717) is 11.6 Å². The van der Waals surface area contributed by atoms with Gasteiger partial charge in [-0.3, -0.25) is 4.79 Å². The molecule has 1 atom stereocenters. The molecular formula is C18H18ClF3N2O. The lowest BCUT2D eigenvalue weighted by Crippen LogP contribution is -2.30. The largest absolute Gasteiger partial charge is 0.418 e. The molecule has 2 N–H and O–H groups in total. The SMILES string of the molecule is CC(CC(=O)Nc1ccccc1C(F)(F)F)NCc1ccc(Cl)cc1. The Kier molecular flexibility index (Phi) is 6.45. The molecule has 134 valence electrons. The lowest BCUT2D eigenvalue weighted by molar-refractivity contribution is -0.137. The summed E-state index contributed by atoms with van der Waals surface area (Å²) in [6.07, 6.45) is -4.46. The highest BCUT2D eigenvalue weighted by molar-refractivity contribution is 6.30. The molecule has 0 aliphatic carbocycles. The number of hydrogen-bond donors (Lipinski definition) is 2. The number of halogens is 4. The summed E-state index contributed by atoms with van der Waals surface area (Å²) in [5.74, 6) is -0.479. The Morgan fingerprint density at radius 1 is 1.12 bits per heavy atom. The van der Waals surface area contributed by atoms with Gasteiger partial charge in [-0.15, -0.1) is 0 Å². The van der Waals surface area contributed by atoms with Crippen LogP contribution in [0.2, 0.25) is 5.02 Å². The van der Waals surface area contributed by atoms with Crippen LogP contribution in [0.5, 0.6) is 0 Å². The molecule has 0 fully saturated rings. The van der Waals surface area contributed by atoms with Crippen LogP contribution >= 0.6 is 11.6 Å². The lowest BCUT2D eigenvalue weighted by Gasteiger charge is -2.16. The highest BCUT2D eigenvalue weighted by Crippen LogP contribution is 2.34. The number of benzene rings is 2. The number of hydrogen-bond acceptors (Lipinski definition) is 2. The molecule has 1 amide bonds. The second-order valence-electron chi connectivity index (χ2n) is 5.70. The summed E-state index contributed by atoms with van der Waals surface area (Å²) in [6.45, 7) is 2.33. The minimum atomic E-state index is -4.51. The molecule has 0 spiro atoms. The van der Waals surface area contributed by atoms with E-state index in [4.69, 9.17) is 11.6 Å². The predicted molar refractivity (Wildman–Crippen MR) is 92.4 cm³/mol. The van der Waals surface area contributed by atoms with Crippen LogP contribution < -0.4 is 10.6 Å². The molecule has 7 heteroatoms. The Bertz CT molecular complexity index is 717. The van der Waals surface area contributed by atoms with Gasteiger partial charge in [0.2, 0.25) is 5.91 Å². The zero-order chi connectivity index (χ0) is 18.4. The van der Waals surface area contributed by atoms with E-state index in [1.807, 2.05) is 12.1 Å². The number of amides is 1. The molecule has 0 bridgehead atoms. The fourth-order valence-corrected chi connectivity index (χ4v) is 2.41. The Morgan fingerprint density at radius 2 is 1.76 bits per heavy atom. The molecule has 0 heterocycles. The van der Waals surface area contributed by atoms with Crippen molar-refractivity contribution in [1.29, 1.82) is 0 Å². The van der Waals surface area contributed by atoms with E-state index in [2.05, 4.69) is 10.6 Å². The van der Waals surface area contributed by atoms with Crippen LogP contribution in [-0.4, -0.2) is 11.9 Å². The van der Waals surface area contributed by atoms with E-state index in [9.17, 15) is 18.0 Å². The number of nitrogens with one attached hydrogen (secondary N) is 2. The Balaban J connectivity index is 1.89. The fourth-order valence-electron chi connectivity index (χ4n) is 2.29. The third kappa shape index (κ3) is 6.07. The van der Waals surface area contributed by atoms with Crippen molar-refractivity contribution in [2.75, 3.05) is 5.32 Å². The van der Waals surface area contributed by atoms with Crippen molar-refractivity contribution < 1.29 is 18.0 Å². The third-order valence-electron chi connectivity index (χ3n) is 3.57. The van der Waals surface area contributed by atoms with E-state index in [-0.39, 0.29) is 18.2 Å². The maximum Gasteiger partial charge on any atom is 0.418 e. The second-order valence-corrected chi connectivity index (χ2v) is 6.14. The average Bonchev–Trinajstić information content (AvgIpc) is 2.53. The third-order valence-corrected chi connectivity index (χ3v) is 3.82. The van der Waals surface area contributed by atoms with Gasteiger partial charge in [-0.25, -0.2) is 0 Å². The van der Waals surface area contributed by atoms with Gasteiger partial charge in [0.05, 0.1) is 11.3 Å². The first kappa shape index (κ1) is 19.3. The molecule has 0 aliphatic rings. The molecule has 1 unspecified atom stereocenters. The highest BCUT2D eigenvalue weighted by atomic mass is 35.5. The summed E-state index contributed by atoms with van der Waals surface area (Å²) in [5, 5.41) is 6.13.